The summed E-state index contributed by atoms with van der Waals surface area (Å²) in [5.74, 6) is -0.0562. The molecule has 0 atom stereocenters. The van der Waals surface area contributed by atoms with E-state index in [9.17, 15) is 9.90 Å². The highest BCUT2D eigenvalue weighted by Crippen LogP contribution is 2.28. The van der Waals surface area contributed by atoms with Gasteiger partial charge in [0.05, 0.1) is 5.69 Å². The van der Waals surface area contributed by atoms with Gasteiger partial charge in [-0.05, 0) is 37.0 Å². The fraction of sp³-hybridized carbons (Fsp3) is 0.312. The van der Waals surface area contributed by atoms with Crippen molar-refractivity contribution in [1.82, 2.24) is 9.97 Å². The maximum Gasteiger partial charge on any atom is 0.339 e. The zero-order valence-corrected chi connectivity index (χ0v) is 12.1. The predicted octanol–water partition coefficient (Wildman–Crippen LogP) is 3.58. The number of hydrogen-bond acceptors (Lipinski definition) is 3. The lowest BCUT2D eigenvalue weighted by Gasteiger charge is -2.13. The Labute approximate surface area is 118 Å². The van der Waals surface area contributed by atoms with E-state index in [1.165, 1.54) is 11.8 Å². The number of nitrogens with zero attached hydrogens (tertiary/aromatic N) is 2. The van der Waals surface area contributed by atoms with Crippen LogP contribution in [0, 0.1) is 13.8 Å². The summed E-state index contributed by atoms with van der Waals surface area (Å²) >= 11 is 0. The van der Waals surface area contributed by atoms with Crippen LogP contribution in [0.1, 0.15) is 47.1 Å². The topological polar surface area (TPSA) is 63.1 Å². The van der Waals surface area contributed by atoms with Gasteiger partial charge in [0.2, 0.25) is 0 Å². The van der Waals surface area contributed by atoms with E-state index in [0.29, 0.717) is 17.4 Å². The lowest BCUT2D eigenvalue weighted by Crippen LogP contribution is -2.05. The number of benzene rings is 1. The summed E-state index contributed by atoms with van der Waals surface area (Å²) in [6, 6.07) is 6.10. The van der Waals surface area contributed by atoms with Gasteiger partial charge in [-0.1, -0.05) is 26.0 Å². The van der Waals surface area contributed by atoms with Gasteiger partial charge in [0, 0.05) is 11.8 Å². The highest BCUT2D eigenvalue weighted by molar-refractivity contribution is 5.94. The van der Waals surface area contributed by atoms with Gasteiger partial charge < -0.3 is 5.11 Å². The standard InChI is InChI=1S/C16H18N2O2/c1-9(2)12-6-5-10(3)13(7-12)15-14(16(19)20)8-17-11(4)18-15/h5-9H,1-4H3,(H,19,20). The van der Waals surface area contributed by atoms with Crippen LogP contribution in [-0.2, 0) is 0 Å². The average molecular weight is 270 g/mol. The first-order chi connectivity index (χ1) is 9.40. The van der Waals surface area contributed by atoms with Crippen LogP contribution < -0.4 is 0 Å². The smallest absolute Gasteiger partial charge is 0.339 e. The van der Waals surface area contributed by atoms with Gasteiger partial charge in [-0.2, -0.15) is 0 Å². The van der Waals surface area contributed by atoms with E-state index in [1.807, 2.05) is 19.1 Å². The van der Waals surface area contributed by atoms with Crippen molar-refractivity contribution in [2.75, 3.05) is 0 Å². The van der Waals surface area contributed by atoms with Crippen molar-refractivity contribution in [1.29, 1.82) is 0 Å². The van der Waals surface area contributed by atoms with E-state index in [-0.39, 0.29) is 5.56 Å². The average Bonchev–Trinajstić information content (AvgIpc) is 2.38. The summed E-state index contributed by atoms with van der Waals surface area (Å²) in [5, 5.41) is 9.31. The van der Waals surface area contributed by atoms with Crippen molar-refractivity contribution < 1.29 is 9.90 Å². The van der Waals surface area contributed by atoms with Crippen LogP contribution in [0.4, 0.5) is 0 Å². The van der Waals surface area contributed by atoms with E-state index < -0.39 is 5.97 Å². The third-order valence-electron chi connectivity index (χ3n) is 3.32. The van der Waals surface area contributed by atoms with Gasteiger partial charge >= 0.3 is 5.97 Å². The molecule has 0 fully saturated rings. The van der Waals surface area contributed by atoms with Crippen molar-refractivity contribution in [3.8, 4) is 11.3 Å². The van der Waals surface area contributed by atoms with Crippen LogP contribution in [0.3, 0.4) is 0 Å². The molecule has 0 bridgehead atoms. The number of rotatable bonds is 3. The summed E-state index contributed by atoms with van der Waals surface area (Å²) in [5.41, 5.74) is 3.66. The molecule has 0 amide bonds. The molecule has 104 valence electrons. The molecule has 1 aromatic heterocycles. The molecule has 0 aliphatic heterocycles. The number of carbonyl (C=O) groups is 1. The Bertz CT molecular complexity index is 664. The SMILES string of the molecule is Cc1ncc(C(=O)O)c(-c2cc(C(C)C)ccc2C)n1. The number of aryl methyl sites for hydroxylation is 2. The number of carboxylic acid groups (broad SMARTS) is 1. The second-order valence-electron chi connectivity index (χ2n) is 5.21. The Hall–Kier alpha value is -2.23. The Balaban J connectivity index is 2.70. The summed E-state index contributed by atoms with van der Waals surface area (Å²) in [7, 11) is 0. The molecule has 0 saturated carbocycles. The number of carboxylic acids is 1. The first kappa shape index (κ1) is 14.2. The van der Waals surface area contributed by atoms with Crippen LogP contribution in [0.15, 0.2) is 24.4 Å². The van der Waals surface area contributed by atoms with E-state index >= 15 is 0 Å². The molecule has 0 aliphatic rings. The van der Waals surface area contributed by atoms with Crippen LogP contribution >= 0.6 is 0 Å². The normalized spacial score (nSPS) is 10.8. The van der Waals surface area contributed by atoms with Crippen LogP contribution in [0.5, 0.6) is 0 Å². The van der Waals surface area contributed by atoms with Crippen molar-refractivity contribution >= 4 is 5.97 Å². The summed E-state index contributed by atoms with van der Waals surface area (Å²) in [4.78, 5) is 19.7. The molecule has 4 heteroatoms. The third-order valence-corrected chi connectivity index (χ3v) is 3.32. The molecule has 0 saturated heterocycles. The molecule has 1 heterocycles. The number of aromatic nitrogens is 2. The van der Waals surface area contributed by atoms with E-state index in [0.717, 1.165) is 11.1 Å². The van der Waals surface area contributed by atoms with Gasteiger partial charge in [0.25, 0.3) is 0 Å². The highest BCUT2D eigenvalue weighted by Gasteiger charge is 2.16. The molecule has 0 unspecified atom stereocenters. The van der Waals surface area contributed by atoms with Gasteiger partial charge in [-0.3, -0.25) is 0 Å². The Morgan fingerprint density at radius 2 is 1.95 bits per heavy atom. The first-order valence-electron chi connectivity index (χ1n) is 6.58. The molecular formula is C16H18N2O2. The lowest BCUT2D eigenvalue weighted by molar-refractivity contribution is 0.0697. The quantitative estimate of drug-likeness (QED) is 0.925. The third kappa shape index (κ3) is 2.69. The Morgan fingerprint density at radius 3 is 2.55 bits per heavy atom. The summed E-state index contributed by atoms with van der Waals surface area (Å²) in [6.45, 7) is 7.94. The molecular weight excluding hydrogens is 252 g/mol. The highest BCUT2D eigenvalue weighted by atomic mass is 16.4. The largest absolute Gasteiger partial charge is 0.478 e. The fourth-order valence-electron chi connectivity index (χ4n) is 2.09. The van der Waals surface area contributed by atoms with E-state index in [1.54, 1.807) is 6.92 Å². The van der Waals surface area contributed by atoms with Crippen LogP contribution in [0.2, 0.25) is 0 Å². The number of aromatic carboxylic acids is 1. The van der Waals surface area contributed by atoms with Crippen molar-refractivity contribution in [3.05, 3.63) is 46.9 Å². The Kier molecular flexibility index (Phi) is 3.84. The summed E-state index contributed by atoms with van der Waals surface area (Å²) in [6.07, 6.45) is 1.38. The van der Waals surface area contributed by atoms with Crippen molar-refractivity contribution in [3.63, 3.8) is 0 Å². The van der Waals surface area contributed by atoms with Gasteiger partial charge in [-0.15, -0.1) is 0 Å². The Morgan fingerprint density at radius 1 is 1.25 bits per heavy atom. The minimum absolute atomic E-state index is 0.139. The van der Waals surface area contributed by atoms with Crippen LogP contribution in [-0.4, -0.2) is 21.0 Å². The minimum atomic E-state index is -1.01. The predicted molar refractivity (Wildman–Crippen MR) is 78.0 cm³/mol. The minimum Gasteiger partial charge on any atom is -0.478 e. The molecule has 1 N–H and O–H groups in total. The molecule has 0 radical (unpaired) electrons. The number of hydrogen-bond donors (Lipinski definition) is 1. The maximum atomic E-state index is 11.4. The van der Waals surface area contributed by atoms with Gasteiger partial charge in [-0.25, -0.2) is 14.8 Å². The second kappa shape index (κ2) is 5.41. The summed E-state index contributed by atoms with van der Waals surface area (Å²) < 4.78 is 0. The first-order valence-corrected chi connectivity index (χ1v) is 6.58. The molecule has 20 heavy (non-hydrogen) atoms. The second-order valence-corrected chi connectivity index (χ2v) is 5.21. The van der Waals surface area contributed by atoms with E-state index in [2.05, 4.69) is 29.9 Å². The van der Waals surface area contributed by atoms with Gasteiger partial charge in [0.15, 0.2) is 0 Å². The van der Waals surface area contributed by atoms with Crippen molar-refractivity contribution in [2.45, 2.75) is 33.6 Å². The monoisotopic (exact) mass is 270 g/mol. The molecule has 1 aromatic carbocycles. The zero-order valence-electron chi connectivity index (χ0n) is 12.1. The van der Waals surface area contributed by atoms with Crippen molar-refractivity contribution in [2.24, 2.45) is 0 Å². The molecule has 0 aliphatic carbocycles. The van der Waals surface area contributed by atoms with Crippen LogP contribution in [0.25, 0.3) is 11.3 Å². The molecule has 2 aromatic rings. The lowest BCUT2D eigenvalue weighted by atomic mass is 9.95. The molecule has 0 spiro atoms. The van der Waals surface area contributed by atoms with E-state index in [4.69, 9.17) is 0 Å². The zero-order chi connectivity index (χ0) is 14.9. The fourth-order valence-corrected chi connectivity index (χ4v) is 2.09. The maximum absolute atomic E-state index is 11.4. The van der Waals surface area contributed by atoms with Gasteiger partial charge in [0.1, 0.15) is 11.4 Å². The molecule has 4 nitrogen and oxygen atoms in total. The molecule has 2 rings (SSSR count).